The van der Waals surface area contributed by atoms with E-state index in [1.807, 2.05) is 0 Å². The van der Waals surface area contributed by atoms with Crippen LogP contribution in [-0.2, 0) is 0 Å². The van der Waals surface area contributed by atoms with Crippen molar-refractivity contribution in [2.45, 2.75) is 25.2 Å². The van der Waals surface area contributed by atoms with Crippen LogP contribution in [0.4, 0.5) is 14.6 Å². The number of alkyl halides is 2. The molecular weight excluding hydrogens is 328 g/mol. The van der Waals surface area contributed by atoms with Crippen LogP contribution in [-0.4, -0.2) is 9.97 Å². The number of rotatable bonds is 3. The number of hydrogen-bond donors (Lipinski definition) is 1. The molecule has 1 aliphatic rings. The van der Waals surface area contributed by atoms with E-state index in [0.717, 1.165) is 18.5 Å². The van der Waals surface area contributed by atoms with E-state index in [1.54, 1.807) is 12.1 Å². The molecule has 0 aliphatic heterocycles. The largest absolute Gasteiger partial charge is 0.383 e. The fourth-order valence-electron chi connectivity index (χ4n) is 2.05. The highest BCUT2D eigenvalue weighted by Gasteiger charge is 2.29. The molecule has 20 heavy (non-hydrogen) atoms. The number of anilines is 1. The van der Waals surface area contributed by atoms with Gasteiger partial charge in [-0.2, -0.15) is 0 Å². The number of hydrogen-bond acceptors (Lipinski definition) is 3. The van der Waals surface area contributed by atoms with E-state index in [4.69, 9.17) is 5.73 Å². The first-order chi connectivity index (χ1) is 9.56. The molecule has 1 aliphatic carbocycles. The number of aromatic nitrogens is 2. The number of nitrogens with zero attached hydrogens (tertiary/aromatic N) is 2. The molecule has 0 radical (unpaired) electrons. The second kappa shape index (κ2) is 5.09. The number of halogens is 3. The third-order valence-corrected chi connectivity index (χ3v) is 4.08. The van der Waals surface area contributed by atoms with Crippen LogP contribution in [0.15, 0.2) is 28.7 Å². The predicted molar refractivity (Wildman–Crippen MR) is 76.5 cm³/mol. The molecule has 0 amide bonds. The molecule has 0 bridgehead atoms. The van der Waals surface area contributed by atoms with Crippen LogP contribution in [0.3, 0.4) is 0 Å². The standard InChI is InChI=1S/C14H12BrF2N3/c15-10-11(7-4-5-7)19-14(20-13(10)18)9-3-1-2-8(6-9)12(16)17/h1-3,6-7,12H,4-5H2,(H2,18,19,20). The van der Waals surface area contributed by atoms with Crippen LogP contribution in [0.1, 0.15) is 36.4 Å². The molecule has 0 atom stereocenters. The van der Waals surface area contributed by atoms with Crippen LogP contribution in [0.5, 0.6) is 0 Å². The first kappa shape index (κ1) is 13.4. The first-order valence-corrected chi connectivity index (χ1v) is 7.07. The third-order valence-electron chi connectivity index (χ3n) is 3.26. The molecule has 1 saturated carbocycles. The van der Waals surface area contributed by atoms with Gasteiger partial charge in [-0.05, 0) is 34.8 Å². The van der Waals surface area contributed by atoms with E-state index in [2.05, 4.69) is 25.9 Å². The summed E-state index contributed by atoms with van der Waals surface area (Å²) in [5, 5.41) is 0. The molecule has 2 aromatic rings. The SMILES string of the molecule is Nc1nc(-c2cccc(C(F)F)c2)nc(C2CC2)c1Br. The van der Waals surface area contributed by atoms with Gasteiger partial charge in [0.05, 0.1) is 10.2 Å². The molecule has 6 heteroatoms. The van der Waals surface area contributed by atoms with Gasteiger partial charge in [-0.15, -0.1) is 0 Å². The molecule has 1 heterocycles. The van der Waals surface area contributed by atoms with E-state index >= 15 is 0 Å². The average Bonchev–Trinajstić information content (AvgIpc) is 3.26. The molecule has 3 rings (SSSR count). The van der Waals surface area contributed by atoms with Gasteiger partial charge in [-0.3, -0.25) is 0 Å². The maximum Gasteiger partial charge on any atom is 0.263 e. The van der Waals surface area contributed by atoms with Gasteiger partial charge in [0, 0.05) is 17.0 Å². The zero-order valence-electron chi connectivity index (χ0n) is 10.5. The van der Waals surface area contributed by atoms with E-state index < -0.39 is 6.43 Å². The van der Waals surface area contributed by atoms with Gasteiger partial charge in [0.2, 0.25) is 0 Å². The lowest BCUT2D eigenvalue weighted by Gasteiger charge is -2.09. The number of benzene rings is 1. The Bertz CT molecular complexity index is 657. The van der Waals surface area contributed by atoms with Crippen molar-refractivity contribution < 1.29 is 8.78 Å². The van der Waals surface area contributed by atoms with Crippen molar-refractivity contribution in [3.63, 3.8) is 0 Å². The summed E-state index contributed by atoms with van der Waals surface area (Å²) in [7, 11) is 0. The van der Waals surface area contributed by atoms with E-state index in [-0.39, 0.29) is 5.56 Å². The van der Waals surface area contributed by atoms with Crippen molar-refractivity contribution in [2.75, 3.05) is 5.73 Å². The van der Waals surface area contributed by atoms with Crippen LogP contribution in [0, 0.1) is 0 Å². The van der Waals surface area contributed by atoms with Gasteiger partial charge in [-0.1, -0.05) is 18.2 Å². The second-order valence-corrected chi connectivity index (χ2v) is 5.63. The Kier molecular flexibility index (Phi) is 3.41. The van der Waals surface area contributed by atoms with Gasteiger partial charge in [0.25, 0.3) is 6.43 Å². The lowest BCUT2D eigenvalue weighted by atomic mass is 10.1. The second-order valence-electron chi connectivity index (χ2n) is 4.83. The van der Waals surface area contributed by atoms with E-state index in [0.29, 0.717) is 27.6 Å². The minimum absolute atomic E-state index is 0.0411. The molecule has 1 aromatic carbocycles. The maximum atomic E-state index is 12.8. The fourth-order valence-corrected chi connectivity index (χ4v) is 2.55. The van der Waals surface area contributed by atoms with Crippen LogP contribution in [0.2, 0.25) is 0 Å². The smallest absolute Gasteiger partial charge is 0.263 e. The van der Waals surface area contributed by atoms with Crippen molar-refractivity contribution in [3.8, 4) is 11.4 Å². The minimum Gasteiger partial charge on any atom is -0.383 e. The highest BCUT2D eigenvalue weighted by molar-refractivity contribution is 9.10. The molecule has 104 valence electrons. The number of nitrogens with two attached hydrogens (primary N) is 1. The summed E-state index contributed by atoms with van der Waals surface area (Å²) in [5.41, 5.74) is 7.26. The van der Waals surface area contributed by atoms with E-state index in [1.165, 1.54) is 12.1 Å². The van der Waals surface area contributed by atoms with Crippen molar-refractivity contribution in [1.82, 2.24) is 9.97 Å². The van der Waals surface area contributed by atoms with Crippen molar-refractivity contribution in [3.05, 3.63) is 40.0 Å². The summed E-state index contributed by atoms with van der Waals surface area (Å²) in [6.07, 6.45) is -0.359. The molecule has 1 aromatic heterocycles. The Hall–Kier alpha value is -1.56. The Morgan fingerprint density at radius 2 is 2.00 bits per heavy atom. The highest BCUT2D eigenvalue weighted by atomic mass is 79.9. The van der Waals surface area contributed by atoms with Crippen molar-refractivity contribution >= 4 is 21.7 Å². The Balaban J connectivity index is 2.07. The van der Waals surface area contributed by atoms with Crippen LogP contribution >= 0.6 is 15.9 Å². The fraction of sp³-hybridized carbons (Fsp3) is 0.286. The first-order valence-electron chi connectivity index (χ1n) is 6.27. The number of nitrogen functional groups attached to an aromatic ring is 1. The average molecular weight is 340 g/mol. The highest BCUT2D eigenvalue weighted by Crippen LogP contribution is 2.44. The summed E-state index contributed by atoms with van der Waals surface area (Å²) in [6.45, 7) is 0. The van der Waals surface area contributed by atoms with Gasteiger partial charge in [-0.25, -0.2) is 18.7 Å². The van der Waals surface area contributed by atoms with Gasteiger partial charge in [0.15, 0.2) is 5.82 Å². The molecule has 0 unspecified atom stereocenters. The molecule has 3 nitrogen and oxygen atoms in total. The summed E-state index contributed by atoms with van der Waals surface area (Å²) in [6, 6.07) is 6.09. The van der Waals surface area contributed by atoms with Crippen LogP contribution < -0.4 is 5.73 Å². The monoisotopic (exact) mass is 339 g/mol. The maximum absolute atomic E-state index is 12.8. The zero-order chi connectivity index (χ0) is 14.3. The Labute approximate surface area is 123 Å². The van der Waals surface area contributed by atoms with E-state index in [9.17, 15) is 8.78 Å². The third kappa shape index (κ3) is 2.52. The van der Waals surface area contributed by atoms with Crippen LogP contribution in [0.25, 0.3) is 11.4 Å². The van der Waals surface area contributed by atoms with Gasteiger partial charge < -0.3 is 5.73 Å². The molecule has 0 saturated heterocycles. The molecule has 1 fully saturated rings. The van der Waals surface area contributed by atoms with Gasteiger partial charge >= 0.3 is 0 Å². The summed E-state index contributed by atoms with van der Waals surface area (Å²) < 4.78 is 26.2. The lowest BCUT2D eigenvalue weighted by molar-refractivity contribution is 0.151. The molecule has 0 spiro atoms. The van der Waals surface area contributed by atoms with Gasteiger partial charge in [0.1, 0.15) is 5.82 Å². The Morgan fingerprint density at radius 3 is 2.65 bits per heavy atom. The van der Waals surface area contributed by atoms with Crippen molar-refractivity contribution in [1.29, 1.82) is 0 Å². The molecule has 2 N–H and O–H groups in total. The summed E-state index contributed by atoms with van der Waals surface area (Å²) in [5.74, 6) is 1.14. The summed E-state index contributed by atoms with van der Waals surface area (Å²) in [4.78, 5) is 8.67. The zero-order valence-corrected chi connectivity index (χ0v) is 12.1. The minimum atomic E-state index is -2.51. The lowest BCUT2D eigenvalue weighted by Crippen LogP contribution is -2.02. The van der Waals surface area contributed by atoms with Crippen molar-refractivity contribution in [2.24, 2.45) is 0 Å². The summed E-state index contributed by atoms with van der Waals surface area (Å²) >= 11 is 3.40. The normalized spacial score (nSPS) is 14.8. The Morgan fingerprint density at radius 1 is 1.25 bits per heavy atom. The topological polar surface area (TPSA) is 51.8 Å². The quantitative estimate of drug-likeness (QED) is 0.906. The predicted octanol–water partition coefficient (Wildman–Crippen LogP) is 4.30. The molecular formula is C14H12BrF2N3.